The third-order valence-corrected chi connectivity index (χ3v) is 0.691. The summed E-state index contributed by atoms with van der Waals surface area (Å²) in [5.74, 6) is 0. The van der Waals surface area contributed by atoms with Crippen molar-refractivity contribution in [2.45, 2.75) is 26.7 Å². The van der Waals surface area contributed by atoms with Crippen molar-refractivity contribution in [3.05, 3.63) is 12.2 Å². The van der Waals surface area contributed by atoms with Crippen LogP contribution in [0.1, 0.15) is 26.7 Å². The summed E-state index contributed by atoms with van der Waals surface area (Å²) in [6, 6.07) is 0. The van der Waals surface area contributed by atoms with Crippen LogP contribution in [0.25, 0.3) is 0 Å². The Bertz CT molecular complexity index is 35.3. The maximum absolute atomic E-state index is 2.18. The summed E-state index contributed by atoms with van der Waals surface area (Å²) in [5.41, 5.74) is 0. The Balaban J connectivity index is 2.66. The maximum atomic E-state index is 2.18. The molecule has 0 aromatic heterocycles. The molecule has 6 heavy (non-hydrogen) atoms. The second-order valence-corrected chi connectivity index (χ2v) is 1.36. The Morgan fingerprint density at radius 2 is 2.17 bits per heavy atom. The van der Waals surface area contributed by atoms with Gasteiger partial charge in [0.15, 0.2) is 0 Å². The highest BCUT2D eigenvalue weighted by Crippen LogP contribution is 1.85. The van der Waals surface area contributed by atoms with Gasteiger partial charge in [0.25, 0.3) is 0 Å². The molecule has 0 atom stereocenters. The molecule has 0 amide bonds. The minimum Gasteiger partial charge on any atom is -0.0917 e. The van der Waals surface area contributed by atoms with E-state index in [9.17, 15) is 0 Å². The van der Waals surface area contributed by atoms with Gasteiger partial charge in [-0.1, -0.05) is 25.5 Å². The molecule has 0 aliphatic rings. The van der Waals surface area contributed by atoms with Crippen LogP contribution in [0.2, 0.25) is 0 Å². The fourth-order valence-corrected chi connectivity index (χ4v) is 0.333. The SMILES string of the molecule is CCC/C=C/[13CH3]. The normalized spacial score (nSPS) is 10.3. The van der Waals surface area contributed by atoms with E-state index in [1.165, 1.54) is 12.8 Å². The van der Waals surface area contributed by atoms with Crippen LogP contribution >= 0.6 is 0 Å². The summed E-state index contributed by atoms with van der Waals surface area (Å²) in [7, 11) is 0. The van der Waals surface area contributed by atoms with E-state index in [-0.39, 0.29) is 0 Å². The molecule has 0 bridgehead atoms. The van der Waals surface area contributed by atoms with Crippen LogP contribution in [0.3, 0.4) is 0 Å². The smallest absolute Gasteiger partial charge is 0.0353 e. The van der Waals surface area contributed by atoms with Gasteiger partial charge >= 0.3 is 0 Å². The van der Waals surface area contributed by atoms with Gasteiger partial charge in [-0.15, -0.1) is 0 Å². The van der Waals surface area contributed by atoms with E-state index in [0.717, 1.165) is 0 Å². The first kappa shape index (κ1) is 5.74. The summed E-state index contributed by atoms with van der Waals surface area (Å²) < 4.78 is 0. The molecule has 0 aromatic carbocycles. The first-order chi connectivity index (χ1) is 2.91. The number of hydrogen-bond donors (Lipinski definition) is 0. The van der Waals surface area contributed by atoms with E-state index in [4.69, 9.17) is 0 Å². The fraction of sp³-hybridized carbons (Fsp3) is 0.667. The molecular formula is C6H12. The molecule has 0 saturated heterocycles. The van der Waals surface area contributed by atoms with Gasteiger partial charge in [0.05, 0.1) is 0 Å². The lowest BCUT2D eigenvalue weighted by molar-refractivity contribution is 0.957. The lowest BCUT2D eigenvalue weighted by Crippen LogP contribution is -1.55. The third-order valence-electron chi connectivity index (χ3n) is 0.691. The summed E-state index contributed by atoms with van der Waals surface area (Å²) >= 11 is 0. The van der Waals surface area contributed by atoms with Crippen molar-refractivity contribution in [2.75, 3.05) is 0 Å². The van der Waals surface area contributed by atoms with Crippen LogP contribution in [0, 0.1) is 0 Å². The van der Waals surface area contributed by atoms with E-state index in [0.29, 0.717) is 0 Å². The largest absolute Gasteiger partial charge is 0.0917 e. The number of allylic oxidation sites excluding steroid dienone is 2. The van der Waals surface area contributed by atoms with Gasteiger partial charge in [0.2, 0.25) is 0 Å². The van der Waals surface area contributed by atoms with Crippen LogP contribution in [0.5, 0.6) is 0 Å². The fourth-order valence-electron chi connectivity index (χ4n) is 0.333. The minimum absolute atomic E-state index is 1.23. The molecule has 0 heterocycles. The van der Waals surface area contributed by atoms with Crippen LogP contribution in [-0.2, 0) is 0 Å². The van der Waals surface area contributed by atoms with Crippen LogP contribution in [0.15, 0.2) is 12.2 Å². The highest BCUT2D eigenvalue weighted by molar-refractivity contribution is 4.75. The Kier molecular flexibility index (Phi) is 4.53. The van der Waals surface area contributed by atoms with Gasteiger partial charge < -0.3 is 0 Å². The number of rotatable bonds is 2. The predicted molar refractivity (Wildman–Crippen MR) is 29.7 cm³/mol. The van der Waals surface area contributed by atoms with Gasteiger partial charge in [0.1, 0.15) is 0 Å². The summed E-state index contributed by atoms with van der Waals surface area (Å²) in [6.45, 7) is 4.23. The predicted octanol–water partition coefficient (Wildman–Crippen LogP) is 2.36. The monoisotopic (exact) mass is 85.1 g/mol. The topological polar surface area (TPSA) is 0 Å². The Morgan fingerprint density at radius 1 is 1.50 bits per heavy atom. The quantitative estimate of drug-likeness (QED) is 0.356. The zero-order chi connectivity index (χ0) is 4.83. The lowest BCUT2D eigenvalue weighted by Gasteiger charge is -1.76. The molecule has 0 fully saturated rings. The van der Waals surface area contributed by atoms with Gasteiger partial charge in [-0.3, -0.25) is 0 Å². The molecule has 0 N–H and O–H groups in total. The summed E-state index contributed by atoms with van der Waals surface area (Å²) in [4.78, 5) is 0. The van der Waals surface area contributed by atoms with E-state index < -0.39 is 0 Å². The Morgan fingerprint density at radius 3 is 2.33 bits per heavy atom. The highest BCUT2D eigenvalue weighted by atomic mass is 13.8. The summed E-state index contributed by atoms with van der Waals surface area (Å²) in [5, 5.41) is 0. The van der Waals surface area contributed by atoms with E-state index in [1.54, 1.807) is 0 Å². The first-order valence-corrected chi connectivity index (χ1v) is 2.53. The van der Waals surface area contributed by atoms with Crippen molar-refractivity contribution in [1.82, 2.24) is 0 Å². The van der Waals surface area contributed by atoms with Crippen LogP contribution in [-0.4, -0.2) is 0 Å². The molecule has 36 valence electrons. The van der Waals surface area contributed by atoms with Crippen molar-refractivity contribution in [3.8, 4) is 0 Å². The Labute approximate surface area is 39.9 Å². The van der Waals surface area contributed by atoms with Crippen LogP contribution < -0.4 is 0 Å². The Hall–Kier alpha value is -0.260. The molecule has 0 rings (SSSR count). The van der Waals surface area contributed by atoms with E-state index >= 15 is 0 Å². The van der Waals surface area contributed by atoms with Gasteiger partial charge in [-0.2, -0.15) is 0 Å². The molecule has 0 aliphatic carbocycles. The van der Waals surface area contributed by atoms with Crippen molar-refractivity contribution in [3.63, 3.8) is 0 Å². The zero-order valence-electron chi connectivity index (χ0n) is 4.57. The standard InChI is InChI=1S/C6H12/c1-3-5-6-4-2/h3,5H,4,6H2,1-2H3/b5-3+/i1+1. The second kappa shape index (κ2) is 4.74. The number of unbranched alkanes of at least 4 members (excludes halogenated alkanes) is 1. The minimum atomic E-state index is 1.23. The van der Waals surface area contributed by atoms with E-state index in [1.807, 2.05) is 0 Å². The highest BCUT2D eigenvalue weighted by Gasteiger charge is 1.64. The van der Waals surface area contributed by atoms with E-state index in [2.05, 4.69) is 26.0 Å². The van der Waals surface area contributed by atoms with Gasteiger partial charge in [0, 0.05) is 0 Å². The molecule has 0 saturated carbocycles. The molecule has 0 aliphatic heterocycles. The average Bonchev–Trinajstić information content (AvgIpc) is 1.61. The average molecular weight is 85.2 g/mol. The lowest BCUT2D eigenvalue weighted by atomic mass is 10.3. The molecule has 0 radical (unpaired) electrons. The molecule has 0 heteroatoms. The van der Waals surface area contributed by atoms with Crippen molar-refractivity contribution in [2.24, 2.45) is 0 Å². The maximum Gasteiger partial charge on any atom is -0.0353 e. The first-order valence-electron chi connectivity index (χ1n) is 2.53. The number of hydrogen-bond acceptors (Lipinski definition) is 0. The molecule has 0 nitrogen and oxygen atoms in total. The molecule has 0 aromatic rings. The van der Waals surface area contributed by atoms with Gasteiger partial charge in [-0.05, 0) is 13.3 Å². The summed E-state index contributed by atoms with van der Waals surface area (Å²) in [6.07, 6.45) is 6.77. The van der Waals surface area contributed by atoms with Gasteiger partial charge in [-0.25, -0.2) is 0 Å². The zero-order valence-corrected chi connectivity index (χ0v) is 4.57. The molecular weight excluding hydrogens is 73.1 g/mol. The van der Waals surface area contributed by atoms with Crippen molar-refractivity contribution in [1.29, 1.82) is 0 Å². The second-order valence-electron chi connectivity index (χ2n) is 1.36. The van der Waals surface area contributed by atoms with Crippen LogP contribution in [0.4, 0.5) is 0 Å². The molecule has 0 unspecified atom stereocenters. The van der Waals surface area contributed by atoms with Crippen molar-refractivity contribution < 1.29 is 0 Å². The third kappa shape index (κ3) is 3.74. The van der Waals surface area contributed by atoms with Crippen molar-refractivity contribution >= 4 is 0 Å². The molecule has 0 spiro atoms.